The highest BCUT2D eigenvalue weighted by molar-refractivity contribution is 7.89. The van der Waals surface area contributed by atoms with Gasteiger partial charge in [0.2, 0.25) is 15.9 Å². The quantitative estimate of drug-likeness (QED) is 0.778. The Kier molecular flexibility index (Phi) is 6.73. The molecule has 1 N–H and O–H groups in total. The molecule has 2 saturated heterocycles. The molecule has 0 bridgehead atoms. The van der Waals surface area contributed by atoms with Gasteiger partial charge in [-0.1, -0.05) is 12.1 Å². The van der Waals surface area contributed by atoms with Gasteiger partial charge in [0.15, 0.2) is 0 Å². The summed E-state index contributed by atoms with van der Waals surface area (Å²) in [6, 6.07) is 5.94. The SMILES string of the molecule is CC(C)N1CCC(CNC(=O)C2CCN(S(=O)(=O)c3ccccc3F)CC2)C1. The molecule has 8 heteroatoms. The molecule has 1 aromatic rings. The van der Waals surface area contributed by atoms with E-state index in [4.69, 9.17) is 0 Å². The number of carbonyl (C=O) groups is 1. The highest BCUT2D eigenvalue weighted by atomic mass is 32.2. The summed E-state index contributed by atoms with van der Waals surface area (Å²) >= 11 is 0. The molecule has 0 spiro atoms. The molecule has 156 valence electrons. The van der Waals surface area contributed by atoms with E-state index in [1.807, 2.05) is 0 Å². The molecule has 0 saturated carbocycles. The molecule has 1 amide bonds. The number of carbonyl (C=O) groups excluding carboxylic acids is 1. The molecular formula is C20H30FN3O3S. The number of sulfonamides is 1. The summed E-state index contributed by atoms with van der Waals surface area (Å²) in [5.41, 5.74) is 0. The Balaban J connectivity index is 1.49. The van der Waals surface area contributed by atoms with Crippen LogP contribution < -0.4 is 5.32 Å². The lowest BCUT2D eigenvalue weighted by atomic mass is 9.97. The van der Waals surface area contributed by atoms with E-state index >= 15 is 0 Å². The average Bonchev–Trinajstić information content (AvgIpc) is 3.16. The monoisotopic (exact) mass is 411 g/mol. The summed E-state index contributed by atoms with van der Waals surface area (Å²) in [6.07, 6.45) is 2.02. The molecule has 1 aromatic carbocycles. The third-order valence-corrected chi connectivity index (χ3v) is 7.82. The molecule has 28 heavy (non-hydrogen) atoms. The minimum Gasteiger partial charge on any atom is -0.356 e. The van der Waals surface area contributed by atoms with Gasteiger partial charge >= 0.3 is 0 Å². The zero-order chi connectivity index (χ0) is 20.3. The summed E-state index contributed by atoms with van der Waals surface area (Å²) in [5.74, 6) is -0.442. The van der Waals surface area contributed by atoms with Crippen LogP contribution >= 0.6 is 0 Å². The Bertz CT molecular complexity index is 792. The number of piperidine rings is 1. The van der Waals surface area contributed by atoms with Gasteiger partial charge in [0, 0.05) is 38.1 Å². The van der Waals surface area contributed by atoms with E-state index in [0.717, 1.165) is 25.6 Å². The molecule has 0 radical (unpaired) electrons. The van der Waals surface area contributed by atoms with Crippen LogP contribution in [0.15, 0.2) is 29.2 Å². The van der Waals surface area contributed by atoms with Gasteiger partial charge in [-0.15, -0.1) is 0 Å². The fourth-order valence-electron chi connectivity index (χ4n) is 4.04. The fraction of sp³-hybridized carbons (Fsp3) is 0.650. The smallest absolute Gasteiger partial charge is 0.245 e. The molecular weight excluding hydrogens is 381 g/mol. The number of amides is 1. The number of benzene rings is 1. The summed E-state index contributed by atoms with van der Waals surface area (Å²) in [7, 11) is -3.86. The van der Waals surface area contributed by atoms with Crippen molar-refractivity contribution >= 4 is 15.9 Å². The zero-order valence-corrected chi connectivity index (χ0v) is 17.4. The van der Waals surface area contributed by atoms with E-state index in [2.05, 4.69) is 24.1 Å². The van der Waals surface area contributed by atoms with E-state index in [0.29, 0.717) is 31.3 Å². The van der Waals surface area contributed by atoms with Crippen molar-refractivity contribution in [1.82, 2.24) is 14.5 Å². The van der Waals surface area contributed by atoms with Gasteiger partial charge in [-0.05, 0) is 57.7 Å². The molecule has 2 aliphatic rings. The molecule has 2 heterocycles. The third kappa shape index (κ3) is 4.72. The zero-order valence-electron chi connectivity index (χ0n) is 16.6. The summed E-state index contributed by atoms with van der Waals surface area (Å²) in [6.45, 7) is 7.60. The first-order valence-corrected chi connectivity index (χ1v) is 11.5. The van der Waals surface area contributed by atoms with Crippen LogP contribution in [0.4, 0.5) is 4.39 Å². The first kappa shape index (κ1) is 21.2. The Morgan fingerprint density at radius 1 is 1.18 bits per heavy atom. The maximum absolute atomic E-state index is 13.9. The highest BCUT2D eigenvalue weighted by Gasteiger charge is 2.33. The highest BCUT2D eigenvalue weighted by Crippen LogP contribution is 2.25. The van der Waals surface area contributed by atoms with Gasteiger partial charge in [0.05, 0.1) is 0 Å². The van der Waals surface area contributed by atoms with Crippen molar-refractivity contribution in [3.8, 4) is 0 Å². The van der Waals surface area contributed by atoms with Crippen molar-refractivity contribution in [2.45, 2.75) is 44.0 Å². The number of nitrogens with zero attached hydrogens (tertiary/aromatic N) is 2. The van der Waals surface area contributed by atoms with Crippen molar-refractivity contribution in [2.75, 3.05) is 32.7 Å². The Hall–Kier alpha value is -1.51. The third-order valence-electron chi connectivity index (χ3n) is 5.89. The molecule has 6 nitrogen and oxygen atoms in total. The van der Waals surface area contributed by atoms with E-state index in [9.17, 15) is 17.6 Å². The van der Waals surface area contributed by atoms with E-state index < -0.39 is 15.8 Å². The van der Waals surface area contributed by atoms with Crippen LogP contribution in [0.25, 0.3) is 0 Å². The first-order chi connectivity index (χ1) is 13.3. The predicted molar refractivity (Wildman–Crippen MR) is 106 cm³/mol. The van der Waals surface area contributed by atoms with Gasteiger partial charge in [0.25, 0.3) is 0 Å². The normalized spacial score (nSPS) is 22.6. The van der Waals surface area contributed by atoms with Gasteiger partial charge in [-0.25, -0.2) is 12.8 Å². The topological polar surface area (TPSA) is 69.7 Å². The van der Waals surface area contributed by atoms with E-state index in [-0.39, 0.29) is 29.8 Å². The average molecular weight is 412 g/mol. The second-order valence-electron chi connectivity index (χ2n) is 8.10. The molecule has 0 aromatic heterocycles. The number of nitrogens with one attached hydrogen (secondary N) is 1. The Morgan fingerprint density at radius 2 is 1.86 bits per heavy atom. The lowest BCUT2D eigenvalue weighted by Gasteiger charge is -2.30. The molecule has 3 rings (SSSR count). The molecule has 1 atom stereocenters. The second kappa shape index (κ2) is 8.88. The van der Waals surface area contributed by atoms with Crippen LogP contribution in [0.2, 0.25) is 0 Å². The second-order valence-corrected chi connectivity index (χ2v) is 10.0. The van der Waals surface area contributed by atoms with Crippen LogP contribution in [0.1, 0.15) is 33.1 Å². The maximum atomic E-state index is 13.9. The summed E-state index contributed by atoms with van der Waals surface area (Å²) in [5, 5.41) is 3.05. The molecule has 0 aliphatic carbocycles. The first-order valence-electron chi connectivity index (χ1n) is 10.1. The van der Waals surface area contributed by atoms with Gasteiger partial charge in [-0.2, -0.15) is 4.31 Å². The van der Waals surface area contributed by atoms with E-state index in [1.165, 1.54) is 22.5 Å². The van der Waals surface area contributed by atoms with Crippen molar-refractivity contribution < 1.29 is 17.6 Å². The minimum absolute atomic E-state index is 0.00550. The molecule has 2 fully saturated rings. The van der Waals surface area contributed by atoms with Gasteiger partial charge in [-0.3, -0.25) is 4.79 Å². The van der Waals surface area contributed by atoms with Crippen LogP contribution in [0.3, 0.4) is 0 Å². The summed E-state index contributed by atoms with van der Waals surface area (Å²) in [4.78, 5) is 14.6. The predicted octanol–water partition coefficient (Wildman–Crippen LogP) is 2.07. The minimum atomic E-state index is -3.86. The Labute approximate surface area is 167 Å². The van der Waals surface area contributed by atoms with Crippen LogP contribution in [-0.2, 0) is 14.8 Å². The summed E-state index contributed by atoms with van der Waals surface area (Å²) < 4.78 is 40.5. The van der Waals surface area contributed by atoms with Crippen LogP contribution in [0, 0.1) is 17.7 Å². The van der Waals surface area contributed by atoms with Crippen molar-refractivity contribution in [3.05, 3.63) is 30.1 Å². The lowest BCUT2D eigenvalue weighted by Crippen LogP contribution is -2.44. The van der Waals surface area contributed by atoms with Crippen molar-refractivity contribution in [2.24, 2.45) is 11.8 Å². The molecule has 2 aliphatic heterocycles. The number of hydrogen-bond acceptors (Lipinski definition) is 4. The number of rotatable bonds is 6. The van der Waals surface area contributed by atoms with Crippen LogP contribution in [-0.4, -0.2) is 62.3 Å². The fourth-order valence-corrected chi connectivity index (χ4v) is 5.57. The van der Waals surface area contributed by atoms with Gasteiger partial charge in [0.1, 0.15) is 10.7 Å². The maximum Gasteiger partial charge on any atom is 0.245 e. The number of halogens is 1. The van der Waals surface area contributed by atoms with Crippen molar-refractivity contribution in [1.29, 1.82) is 0 Å². The number of likely N-dealkylation sites (tertiary alicyclic amines) is 1. The van der Waals surface area contributed by atoms with Crippen molar-refractivity contribution in [3.63, 3.8) is 0 Å². The standard InChI is InChI=1S/C20H30FN3O3S/c1-15(2)23-10-7-16(14-23)13-22-20(25)17-8-11-24(12-9-17)28(26,27)19-6-4-3-5-18(19)21/h3-6,15-17H,7-14H2,1-2H3,(H,22,25). The van der Waals surface area contributed by atoms with E-state index in [1.54, 1.807) is 0 Å². The van der Waals surface area contributed by atoms with Crippen LogP contribution in [0.5, 0.6) is 0 Å². The Morgan fingerprint density at radius 3 is 2.46 bits per heavy atom. The molecule has 1 unspecified atom stereocenters. The van der Waals surface area contributed by atoms with Gasteiger partial charge < -0.3 is 10.2 Å². The lowest BCUT2D eigenvalue weighted by molar-refractivity contribution is -0.126. The largest absolute Gasteiger partial charge is 0.356 e. The number of hydrogen-bond donors (Lipinski definition) is 1.